The van der Waals surface area contributed by atoms with E-state index in [-0.39, 0.29) is 36.3 Å². The van der Waals surface area contributed by atoms with Gasteiger partial charge in [-0.15, -0.1) is 0 Å². The van der Waals surface area contributed by atoms with Crippen LogP contribution >= 0.6 is 23.2 Å². The van der Waals surface area contributed by atoms with Gasteiger partial charge < -0.3 is 4.74 Å². The van der Waals surface area contributed by atoms with E-state index in [4.69, 9.17) is 27.9 Å². The maximum atomic E-state index is 13.6. The summed E-state index contributed by atoms with van der Waals surface area (Å²) < 4.78 is 5.23. The molecule has 31 heavy (non-hydrogen) atoms. The van der Waals surface area contributed by atoms with Crippen LogP contribution in [0.4, 0.5) is 4.79 Å². The molecule has 5 nitrogen and oxygen atoms in total. The summed E-state index contributed by atoms with van der Waals surface area (Å²) in [6.07, 6.45) is -0.543. The van der Waals surface area contributed by atoms with Gasteiger partial charge in [0.2, 0.25) is 5.91 Å². The first-order chi connectivity index (χ1) is 14.8. The Morgan fingerprint density at radius 2 is 1.84 bits per heavy atom. The van der Waals surface area contributed by atoms with Crippen molar-refractivity contribution in [3.63, 3.8) is 0 Å². The largest absolute Gasteiger partial charge is 0.447 e. The number of hydrogen-bond acceptors (Lipinski definition) is 4. The number of halogens is 2. The summed E-state index contributed by atoms with van der Waals surface area (Å²) in [5, 5.41) is 0.947. The summed E-state index contributed by atoms with van der Waals surface area (Å²) in [5.41, 5.74) is 2.14. The molecular formula is C24H26Cl2N2O3. The second-order valence-corrected chi connectivity index (χ2v) is 9.48. The van der Waals surface area contributed by atoms with Crippen LogP contribution in [0.5, 0.6) is 0 Å². The number of hydrogen-bond donors (Lipinski definition) is 0. The van der Waals surface area contributed by atoms with Gasteiger partial charge in [0.1, 0.15) is 6.61 Å². The van der Waals surface area contributed by atoms with Crippen molar-refractivity contribution in [2.24, 2.45) is 11.8 Å². The molecule has 2 aliphatic heterocycles. The van der Waals surface area contributed by atoms with Crippen LogP contribution in [-0.2, 0) is 16.1 Å². The van der Waals surface area contributed by atoms with Crippen LogP contribution in [0.15, 0.2) is 48.5 Å². The predicted molar refractivity (Wildman–Crippen MR) is 121 cm³/mol. The molecule has 2 heterocycles. The Morgan fingerprint density at radius 1 is 1.10 bits per heavy atom. The van der Waals surface area contributed by atoms with Gasteiger partial charge in [0.05, 0.1) is 22.0 Å². The van der Waals surface area contributed by atoms with E-state index in [0.717, 1.165) is 12.1 Å². The van der Waals surface area contributed by atoms with E-state index < -0.39 is 6.09 Å². The fourth-order valence-corrected chi connectivity index (χ4v) is 4.85. The van der Waals surface area contributed by atoms with Crippen molar-refractivity contribution in [3.8, 4) is 0 Å². The number of nitrogens with zero attached hydrogens (tertiary/aromatic N) is 2. The zero-order valence-electron chi connectivity index (χ0n) is 17.6. The predicted octanol–water partition coefficient (Wildman–Crippen LogP) is 5.21. The van der Waals surface area contributed by atoms with E-state index in [9.17, 15) is 9.59 Å². The monoisotopic (exact) mass is 460 g/mol. The van der Waals surface area contributed by atoms with E-state index in [0.29, 0.717) is 23.1 Å². The van der Waals surface area contributed by atoms with E-state index >= 15 is 0 Å². The van der Waals surface area contributed by atoms with Crippen LogP contribution in [-0.4, -0.2) is 47.5 Å². The van der Waals surface area contributed by atoms with Gasteiger partial charge in [-0.3, -0.25) is 9.69 Å². The molecule has 164 valence electrons. The lowest BCUT2D eigenvalue weighted by atomic mass is 9.87. The zero-order valence-corrected chi connectivity index (χ0v) is 19.1. The van der Waals surface area contributed by atoms with Crippen molar-refractivity contribution in [1.82, 2.24) is 9.80 Å². The topological polar surface area (TPSA) is 49.9 Å². The first-order valence-electron chi connectivity index (χ1n) is 10.6. The van der Waals surface area contributed by atoms with E-state index in [1.165, 1.54) is 10.5 Å². The van der Waals surface area contributed by atoms with Gasteiger partial charge in [0, 0.05) is 25.6 Å². The highest BCUT2D eigenvalue weighted by atomic mass is 35.5. The smallest absolute Gasteiger partial charge is 0.416 e. The molecule has 4 rings (SSSR count). The molecule has 2 amide bonds. The Balaban J connectivity index is 1.63. The molecule has 0 spiro atoms. The van der Waals surface area contributed by atoms with Crippen LogP contribution in [0.1, 0.15) is 30.9 Å². The first kappa shape index (κ1) is 22.1. The van der Waals surface area contributed by atoms with Crippen molar-refractivity contribution in [1.29, 1.82) is 0 Å². The quantitative estimate of drug-likeness (QED) is 0.613. The summed E-state index contributed by atoms with van der Waals surface area (Å²) in [5.74, 6) is -0.506. The Morgan fingerprint density at radius 3 is 2.52 bits per heavy atom. The van der Waals surface area contributed by atoms with Gasteiger partial charge in [0.25, 0.3) is 0 Å². The summed E-state index contributed by atoms with van der Waals surface area (Å²) in [7, 11) is 0. The molecule has 0 unspecified atom stereocenters. The Hall–Kier alpha value is -2.08. The second-order valence-electron chi connectivity index (χ2n) is 8.66. The summed E-state index contributed by atoms with van der Waals surface area (Å²) in [4.78, 5) is 29.7. The number of cyclic esters (lactones) is 1. The normalized spacial score (nSPS) is 24.1. The number of rotatable bonds is 5. The lowest BCUT2D eigenvalue weighted by Gasteiger charge is -2.27. The summed E-state index contributed by atoms with van der Waals surface area (Å²) in [6, 6.07) is 15.5. The summed E-state index contributed by atoms with van der Waals surface area (Å²) >= 11 is 12.4. The Labute approximate surface area is 192 Å². The maximum absolute atomic E-state index is 13.6. The maximum Gasteiger partial charge on any atom is 0.416 e. The number of carbonyl (C=O) groups is 2. The molecule has 2 aromatic carbocycles. The fourth-order valence-electron chi connectivity index (χ4n) is 4.55. The van der Waals surface area contributed by atoms with Gasteiger partial charge in [-0.25, -0.2) is 9.69 Å². The molecule has 0 aromatic heterocycles. The molecule has 0 bridgehead atoms. The molecule has 2 saturated heterocycles. The van der Waals surface area contributed by atoms with E-state index in [2.05, 4.69) is 17.0 Å². The van der Waals surface area contributed by atoms with Crippen LogP contribution in [0.2, 0.25) is 10.0 Å². The van der Waals surface area contributed by atoms with Crippen LogP contribution < -0.4 is 0 Å². The van der Waals surface area contributed by atoms with Crippen molar-refractivity contribution >= 4 is 35.2 Å². The number of imide groups is 1. The molecular weight excluding hydrogens is 435 g/mol. The van der Waals surface area contributed by atoms with Gasteiger partial charge in [-0.05, 0) is 29.2 Å². The highest BCUT2D eigenvalue weighted by Crippen LogP contribution is 2.38. The first-order valence-corrected chi connectivity index (χ1v) is 11.3. The molecule has 3 atom stereocenters. The van der Waals surface area contributed by atoms with E-state index in [1.807, 2.05) is 44.2 Å². The molecule has 2 fully saturated rings. The molecule has 7 heteroatoms. The Kier molecular flexibility index (Phi) is 6.56. The lowest BCUT2D eigenvalue weighted by Crippen LogP contribution is -2.46. The minimum Gasteiger partial charge on any atom is -0.447 e. The van der Waals surface area contributed by atoms with Crippen molar-refractivity contribution in [2.75, 3.05) is 19.7 Å². The standard InChI is InChI=1S/C24H26Cl2N2O3/c1-15(2)22-14-31-24(30)28(22)23(29)19-13-27(11-16-6-4-3-5-7-16)12-18(19)17-8-9-20(25)21(26)10-17/h3-10,15,18-19,22H,11-14H2,1-2H3/t18-,19-,22-/m1/s1. The minimum absolute atomic E-state index is 0.0906. The lowest BCUT2D eigenvalue weighted by molar-refractivity contribution is -0.134. The molecule has 0 aliphatic carbocycles. The molecule has 0 radical (unpaired) electrons. The number of carbonyl (C=O) groups excluding carboxylic acids is 2. The molecule has 2 aliphatic rings. The van der Waals surface area contributed by atoms with Crippen LogP contribution in [0.3, 0.4) is 0 Å². The van der Waals surface area contributed by atoms with Gasteiger partial charge in [-0.2, -0.15) is 0 Å². The molecule has 0 N–H and O–H groups in total. The third-order valence-corrected chi connectivity index (χ3v) is 6.99. The molecule has 2 aromatic rings. The van der Waals surface area contributed by atoms with Crippen molar-refractivity contribution in [2.45, 2.75) is 32.4 Å². The third-order valence-electron chi connectivity index (χ3n) is 6.25. The van der Waals surface area contributed by atoms with Crippen molar-refractivity contribution in [3.05, 3.63) is 69.7 Å². The van der Waals surface area contributed by atoms with Crippen LogP contribution in [0.25, 0.3) is 0 Å². The fraction of sp³-hybridized carbons (Fsp3) is 0.417. The zero-order chi connectivity index (χ0) is 22.1. The number of amides is 2. The Bertz CT molecular complexity index is 967. The summed E-state index contributed by atoms with van der Waals surface area (Å²) in [6.45, 7) is 6.24. The minimum atomic E-state index is -0.543. The third kappa shape index (κ3) is 4.59. The van der Waals surface area contributed by atoms with Gasteiger partial charge >= 0.3 is 6.09 Å². The highest BCUT2D eigenvalue weighted by Gasteiger charge is 2.47. The van der Waals surface area contributed by atoms with Gasteiger partial charge in [-0.1, -0.05) is 73.4 Å². The average molecular weight is 461 g/mol. The van der Waals surface area contributed by atoms with Crippen molar-refractivity contribution < 1.29 is 14.3 Å². The average Bonchev–Trinajstić information content (AvgIpc) is 3.34. The highest BCUT2D eigenvalue weighted by molar-refractivity contribution is 6.42. The SMILES string of the molecule is CC(C)[C@H]1COC(=O)N1C(=O)[C@@H]1CN(Cc2ccccc2)C[C@@H]1c1ccc(Cl)c(Cl)c1. The number of ether oxygens (including phenoxy) is 1. The number of benzene rings is 2. The molecule has 0 saturated carbocycles. The second kappa shape index (κ2) is 9.19. The van der Waals surface area contributed by atoms with Crippen LogP contribution in [0, 0.1) is 11.8 Å². The van der Waals surface area contributed by atoms with Gasteiger partial charge in [0.15, 0.2) is 0 Å². The number of likely N-dealkylation sites (tertiary alicyclic amines) is 1. The van der Waals surface area contributed by atoms with E-state index in [1.54, 1.807) is 6.07 Å².